The number of ether oxygens (including phenoxy) is 1. The van der Waals surface area contributed by atoms with Gasteiger partial charge in [0, 0.05) is 18.6 Å². The van der Waals surface area contributed by atoms with Crippen molar-refractivity contribution in [1.29, 1.82) is 0 Å². The molecular formula is C17H21N2O3+. The molecule has 0 fully saturated rings. The van der Waals surface area contributed by atoms with Gasteiger partial charge < -0.3 is 10.1 Å². The standard InChI is InChI=1S/C17H20N2O3/c1-2-22-17-9-8-16(19(20)21)12-15(17)13-18-11-10-14-6-4-3-5-7-14/h3-9,12,18H,2,10-11,13H2,1H3/p+1. The molecule has 22 heavy (non-hydrogen) atoms. The van der Waals surface area contributed by atoms with Gasteiger partial charge in [0.05, 0.1) is 23.6 Å². The van der Waals surface area contributed by atoms with E-state index in [1.807, 2.05) is 25.1 Å². The Morgan fingerprint density at radius 2 is 1.95 bits per heavy atom. The Morgan fingerprint density at radius 1 is 1.18 bits per heavy atom. The zero-order valence-electron chi connectivity index (χ0n) is 12.7. The van der Waals surface area contributed by atoms with E-state index in [0.29, 0.717) is 13.2 Å². The summed E-state index contributed by atoms with van der Waals surface area (Å²) in [6, 6.07) is 15.0. The van der Waals surface area contributed by atoms with Crippen LogP contribution in [-0.4, -0.2) is 18.1 Å². The number of nitro benzene ring substituents is 1. The summed E-state index contributed by atoms with van der Waals surface area (Å²) in [6.07, 6.45) is 0.972. The van der Waals surface area contributed by atoms with E-state index in [-0.39, 0.29) is 10.6 Å². The van der Waals surface area contributed by atoms with E-state index >= 15 is 0 Å². The number of hydrogen-bond donors (Lipinski definition) is 1. The molecule has 0 spiro atoms. The van der Waals surface area contributed by atoms with Crippen molar-refractivity contribution in [2.24, 2.45) is 0 Å². The highest BCUT2D eigenvalue weighted by atomic mass is 16.6. The Kier molecular flexibility index (Phi) is 5.91. The molecule has 2 rings (SSSR count). The first kappa shape index (κ1) is 16.0. The lowest BCUT2D eigenvalue weighted by molar-refractivity contribution is -0.670. The van der Waals surface area contributed by atoms with Crippen LogP contribution in [0.15, 0.2) is 48.5 Å². The first-order valence-corrected chi connectivity index (χ1v) is 7.46. The van der Waals surface area contributed by atoms with Gasteiger partial charge in [0.1, 0.15) is 12.3 Å². The van der Waals surface area contributed by atoms with Crippen molar-refractivity contribution in [3.05, 3.63) is 69.8 Å². The van der Waals surface area contributed by atoms with Gasteiger partial charge in [-0.3, -0.25) is 10.1 Å². The van der Waals surface area contributed by atoms with E-state index in [9.17, 15) is 10.1 Å². The van der Waals surface area contributed by atoms with Crippen LogP contribution in [0.2, 0.25) is 0 Å². The number of hydrogen-bond acceptors (Lipinski definition) is 3. The second-order valence-corrected chi connectivity index (χ2v) is 5.00. The molecule has 0 saturated heterocycles. The van der Waals surface area contributed by atoms with Gasteiger partial charge in [-0.25, -0.2) is 0 Å². The van der Waals surface area contributed by atoms with E-state index in [2.05, 4.69) is 17.4 Å². The van der Waals surface area contributed by atoms with Crippen molar-refractivity contribution >= 4 is 5.69 Å². The van der Waals surface area contributed by atoms with E-state index in [0.717, 1.165) is 24.3 Å². The molecule has 116 valence electrons. The molecule has 0 aliphatic carbocycles. The number of nitrogens with zero attached hydrogens (tertiary/aromatic N) is 1. The van der Waals surface area contributed by atoms with Gasteiger partial charge in [-0.2, -0.15) is 0 Å². The number of rotatable bonds is 8. The van der Waals surface area contributed by atoms with Crippen molar-refractivity contribution in [2.75, 3.05) is 13.2 Å². The van der Waals surface area contributed by atoms with E-state index in [1.165, 1.54) is 11.6 Å². The summed E-state index contributed by atoms with van der Waals surface area (Å²) < 4.78 is 5.54. The smallest absolute Gasteiger partial charge is 0.270 e. The Bertz CT molecular complexity index is 615. The third-order valence-electron chi connectivity index (χ3n) is 3.40. The first-order valence-electron chi connectivity index (χ1n) is 7.46. The maximum Gasteiger partial charge on any atom is 0.270 e. The predicted octanol–water partition coefficient (Wildman–Crippen LogP) is 2.30. The van der Waals surface area contributed by atoms with Crippen LogP contribution in [0.4, 0.5) is 5.69 Å². The lowest BCUT2D eigenvalue weighted by atomic mass is 10.1. The molecule has 0 atom stereocenters. The minimum absolute atomic E-state index is 0.106. The number of quaternary nitrogens is 1. The van der Waals surface area contributed by atoms with Crippen LogP contribution in [0.5, 0.6) is 5.75 Å². The van der Waals surface area contributed by atoms with Crippen LogP contribution in [0.3, 0.4) is 0 Å². The van der Waals surface area contributed by atoms with Crippen molar-refractivity contribution in [3.63, 3.8) is 0 Å². The minimum atomic E-state index is -0.372. The lowest BCUT2D eigenvalue weighted by Gasteiger charge is -2.09. The van der Waals surface area contributed by atoms with Crippen LogP contribution in [0.25, 0.3) is 0 Å². The van der Waals surface area contributed by atoms with Crippen LogP contribution in [0.1, 0.15) is 18.1 Å². The van der Waals surface area contributed by atoms with Gasteiger partial charge in [-0.1, -0.05) is 30.3 Å². The van der Waals surface area contributed by atoms with E-state index in [4.69, 9.17) is 4.74 Å². The number of non-ortho nitro benzene ring substituents is 1. The minimum Gasteiger partial charge on any atom is -0.493 e. The highest BCUT2D eigenvalue weighted by Gasteiger charge is 2.12. The Balaban J connectivity index is 1.95. The molecule has 5 heteroatoms. The van der Waals surface area contributed by atoms with Crippen LogP contribution in [0, 0.1) is 10.1 Å². The second kappa shape index (κ2) is 8.14. The summed E-state index contributed by atoms with van der Waals surface area (Å²) in [7, 11) is 0. The molecule has 0 unspecified atom stereocenters. The van der Waals surface area contributed by atoms with E-state index < -0.39 is 0 Å². The summed E-state index contributed by atoms with van der Waals surface area (Å²) in [5.74, 6) is 0.726. The molecule has 0 aromatic heterocycles. The lowest BCUT2D eigenvalue weighted by Crippen LogP contribution is -2.83. The quantitative estimate of drug-likeness (QED) is 0.462. The van der Waals surface area contributed by atoms with Gasteiger partial charge in [0.15, 0.2) is 0 Å². The largest absolute Gasteiger partial charge is 0.493 e. The molecule has 0 saturated carbocycles. The second-order valence-electron chi connectivity index (χ2n) is 5.00. The third kappa shape index (κ3) is 4.56. The molecule has 0 heterocycles. The molecular weight excluding hydrogens is 280 g/mol. The molecule has 2 N–H and O–H groups in total. The fraction of sp³-hybridized carbons (Fsp3) is 0.294. The topological polar surface area (TPSA) is 69.0 Å². The highest BCUT2D eigenvalue weighted by molar-refractivity contribution is 5.43. The van der Waals surface area contributed by atoms with Gasteiger partial charge in [-0.05, 0) is 18.6 Å². The van der Waals surface area contributed by atoms with Crippen molar-refractivity contribution in [1.82, 2.24) is 0 Å². The van der Waals surface area contributed by atoms with Gasteiger partial charge >= 0.3 is 0 Å². The summed E-state index contributed by atoms with van der Waals surface area (Å²) in [6.45, 7) is 4.06. The zero-order chi connectivity index (χ0) is 15.8. The summed E-state index contributed by atoms with van der Waals surface area (Å²) in [4.78, 5) is 10.5. The predicted molar refractivity (Wildman–Crippen MR) is 84.9 cm³/mol. The van der Waals surface area contributed by atoms with Gasteiger partial charge in [0.2, 0.25) is 0 Å². The monoisotopic (exact) mass is 301 g/mol. The molecule has 2 aromatic carbocycles. The molecule has 0 amide bonds. The fourth-order valence-electron chi connectivity index (χ4n) is 2.31. The SMILES string of the molecule is CCOc1ccc([N+](=O)[O-])cc1C[NH2+]CCc1ccccc1. The Hall–Kier alpha value is -2.40. The maximum absolute atomic E-state index is 10.9. The van der Waals surface area contributed by atoms with E-state index in [1.54, 1.807) is 12.1 Å². The number of benzene rings is 2. The van der Waals surface area contributed by atoms with Gasteiger partial charge in [-0.15, -0.1) is 0 Å². The van der Waals surface area contributed by atoms with Crippen molar-refractivity contribution < 1.29 is 15.0 Å². The average molecular weight is 301 g/mol. The zero-order valence-corrected chi connectivity index (χ0v) is 12.7. The summed E-state index contributed by atoms with van der Waals surface area (Å²) in [5, 5.41) is 13.0. The fourth-order valence-corrected chi connectivity index (χ4v) is 2.31. The molecule has 0 bridgehead atoms. The maximum atomic E-state index is 10.9. The number of nitrogens with two attached hydrogens (primary N) is 1. The number of nitro groups is 1. The third-order valence-corrected chi connectivity index (χ3v) is 3.40. The molecule has 0 radical (unpaired) electrons. The molecule has 2 aromatic rings. The molecule has 0 aliphatic heterocycles. The van der Waals surface area contributed by atoms with Crippen molar-refractivity contribution in [2.45, 2.75) is 19.9 Å². The average Bonchev–Trinajstić information content (AvgIpc) is 2.54. The molecule has 0 aliphatic rings. The van der Waals surface area contributed by atoms with Gasteiger partial charge in [0.25, 0.3) is 5.69 Å². The molecule has 5 nitrogen and oxygen atoms in total. The van der Waals surface area contributed by atoms with Crippen LogP contribution < -0.4 is 10.1 Å². The Morgan fingerprint density at radius 3 is 2.64 bits per heavy atom. The van der Waals surface area contributed by atoms with Crippen LogP contribution in [-0.2, 0) is 13.0 Å². The summed E-state index contributed by atoms with van der Waals surface area (Å²) in [5.41, 5.74) is 2.27. The van der Waals surface area contributed by atoms with Crippen LogP contribution >= 0.6 is 0 Å². The highest BCUT2D eigenvalue weighted by Crippen LogP contribution is 2.23. The first-order chi connectivity index (χ1) is 10.7. The normalized spacial score (nSPS) is 10.4. The van der Waals surface area contributed by atoms with Crippen molar-refractivity contribution in [3.8, 4) is 5.75 Å². The summed E-state index contributed by atoms with van der Waals surface area (Å²) >= 11 is 0. The Labute approximate surface area is 130 Å².